The minimum Gasteiger partial charge on any atom is -0.399 e. The van der Waals surface area contributed by atoms with Gasteiger partial charge in [0.25, 0.3) is 0 Å². The second-order valence-corrected chi connectivity index (χ2v) is 4.63. The van der Waals surface area contributed by atoms with Crippen molar-refractivity contribution in [3.63, 3.8) is 0 Å². The van der Waals surface area contributed by atoms with E-state index in [9.17, 15) is 0 Å². The molecule has 0 heterocycles. The minimum atomic E-state index is 0.225. The third-order valence-corrected chi connectivity index (χ3v) is 1.89. The molecule has 0 atom stereocenters. The molecule has 0 bridgehead atoms. The van der Waals surface area contributed by atoms with Crippen LogP contribution in [-0.4, -0.2) is 7.28 Å². The van der Waals surface area contributed by atoms with Gasteiger partial charge in [-0.05, 0) is 18.6 Å². The maximum absolute atomic E-state index is 5.74. The topological polar surface area (TPSA) is 26.0 Å². The van der Waals surface area contributed by atoms with Crippen molar-refractivity contribution in [3.8, 4) is 0 Å². The van der Waals surface area contributed by atoms with E-state index in [0.29, 0.717) is 0 Å². The van der Waals surface area contributed by atoms with Crippen LogP contribution in [0.4, 0.5) is 5.69 Å². The van der Waals surface area contributed by atoms with Crippen LogP contribution in [0.3, 0.4) is 0 Å². The molecule has 0 spiro atoms. The van der Waals surface area contributed by atoms with Gasteiger partial charge in [0.1, 0.15) is 0 Å². The zero-order valence-electron chi connectivity index (χ0n) is 8.89. The SMILES string of the molecule is Cc1cc([B]C(C)(C)C)ccc1N. The predicted octanol–water partition coefficient (Wildman–Crippen LogP) is 2.13. The van der Waals surface area contributed by atoms with Crippen molar-refractivity contribution in [2.24, 2.45) is 0 Å². The second kappa shape index (κ2) is 3.45. The van der Waals surface area contributed by atoms with Gasteiger partial charge >= 0.3 is 0 Å². The molecule has 1 aromatic rings. The smallest absolute Gasteiger partial charge is 0.157 e. The summed E-state index contributed by atoms with van der Waals surface area (Å²) < 4.78 is 0. The summed E-state index contributed by atoms with van der Waals surface area (Å²) in [5, 5.41) is 0.225. The highest BCUT2D eigenvalue weighted by Gasteiger charge is 2.13. The summed E-state index contributed by atoms with van der Waals surface area (Å²) in [5.74, 6) is 0. The molecule has 0 aromatic heterocycles. The van der Waals surface area contributed by atoms with Gasteiger partial charge < -0.3 is 5.73 Å². The van der Waals surface area contributed by atoms with Crippen LogP contribution in [0.5, 0.6) is 0 Å². The molecule has 1 nitrogen and oxygen atoms in total. The van der Waals surface area contributed by atoms with E-state index in [2.05, 4.69) is 40.2 Å². The van der Waals surface area contributed by atoms with Gasteiger partial charge in [-0.25, -0.2) is 0 Å². The standard InChI is InChI=1S/C11H17BN/c1-8-7-9(5-6-10(8)13)12-11(2,3)4/h5-7H,13H2,1-4H3. The van der Waals surface area contributed by atoms with Gasteiger partial charge in [0, 0.05) is 5.69 Å². The number of aryl methyl sites for hydroxylation is 1. The van der Waals surface area contributed by atoms with E-state index in [4.69, 9.17) is 5.73 Å². The molecular formula is C11H17BN. The molecule has 0 fully saturated rings. The lowest BCUT2D eigenvalue weighted by atomic mass is 9.51. The zero-order valence-corrected chi connectivity index (χ0v) is 8.89. The fourth-order valence-electron chi connectivity index (χ4n) is 1.29. The number of hydrogen-bond acceptors (Lipinski definition) is 1. The van der Waals surface area contributed by atoms with Crippen LogP contribution >= 0.6 is 0 Å². The predicted molar refractivity (Wildman–Crippen MR) is 60.7 cm³/mol. The van der Waals surface area contributed by atoms with E-state index in [1.165, 1.54) is 5.46 Å². The number of benzene rings is 1. The summed E-state index contributed by atoms with van der Waals surface area (Å²) in [6.45, 7) is 8.62. The molecule has 1 rings (SSSR count). The number of nitrogen functional groups attached to an aromatic ring is 1. The molecular weight excluding hydrogens is 157 g/mol. The van der Waals surface area contributed by atoms with Crippen molar-refractivity contribution in [2.75, 3.05) is 5.73 Å². The molecule has 69 valence electrons. The average molecular weight is 174 g/mol. The largest absolute Gasteiger partial charge is 0.399 e. The van der Waals surface area contributed by atoms with E-state index in [1.54, 1.807) is 0 Å². The van der Waals surface area contributed by atoms with Crippen molar-refractivity contribution >= 4 is 18.4 Å². The Morgan fingerprint density at radius 3 is 2.31 bits per heavy atom. The van der Waals surface area contributed by atoms with Crippen molar-refractivity contribution in [3.05, 3.63) is 23.8 Å². The maximum Gasteiger partial charge on any atom is 0.157 e. The summed E-state index contributed by atoms with van der Waals surface area (Å²) in [7, 11) is 2.25. The minimum absolute atomic E-state index is 0.225. The van der Waals surface area contributed by atoms with Crippen LogP contribution < -0.4 is 11.2 Å². The lowest BCUT2D eigenvalue weighted by molar-refractivity contribution is 0.759. The summed E-state index contributed by atoms with van der Waals surface area (Å²) in [5.41, 5.74) is 9.01. The molecule has 13 heavy (non-hydrogen) atoms. The molecule has 0 saturated heterocycles. The molecule has 0 aliphatic rings. The molecule has 2 N–H and O–H groups in total. The Labute approximate surface area is 81.6 Å². The maximum atomic E-state index is 5.74. The normalized spacial score (nSPS) is 11.4. The number of anilines is 1. The second-order valence-electron chi connectivity index (χ2n) is 4.63. The molecule has 1 radical (unpaired) electrons. The fraction of sp³-hybridized carbons (Fsp3) is 0.455. The lowest BCUT2D eigenvalue weighted by Gasteiger charge is -2.17. The van der Waals surface area contributed by atoms with E-state index >= 15 is 0 Å². The summed E-state index contributed by atoms with van der Waals surface area (Å²) in [6.07, 6.45) is 0. The van der Waals surface area contributed by atoms with Crippen molar-refractivity contribution in [1.82, 2.24) is 0 Å². The van der Waals surface area contributed by atoms with Crippen molar-refractivity contribution in [2.45, 2.75) is 33.0 Å². The van der Waals surface area contributed by atoms with Crippen LogP contribution in [0.15, 0.2) is 18.2 Å². The molecule has 2 heteroatoms. The molecule has 0 amide bonds. The highest BCUT2D eigenvalue weighted by Crippen LogP contribution is 2.20. The average Bonchev–Trinajstić information content (AvgIpc) is 1.94. The van der Waals surface area contributed by atoms with Gasteiger partial charge in [-0.3, -0.25) is 0 Å². The molecule has 0 saturated carbocycles. The van der Waals surface area contributed by atoms with Gasteiger partial charge in [-0.2, -0.15) is 0 Å². The summed E-state index contributed by atoms with van der Waals surface area (Å²) in [4.78, 5) is 0. The first-order valence-corrected chi connectivity index (χ1v) is 4.60. The van der Waals surface area contributed by atoms with Gasteiger partial charge in [-0.15, -0.1) is 0 Å². The Hall–Kier alpha value is -0.915. The van der Waals surface area contributed by atoms with Gasteiger partial charge in [0.05, 0.1) is 0 Å². The lowest BCUT2D eigenvalue weighted by Crippen LogP contribution is -2.23. The van der Waals surface area contributed by atoms with Crippen LogP contribution in [0.2, 0.25) is 5.31 Å². The van der Waals surface area contributed by atoms with E-state index in [0.717, 1.165) is 11.3 Å². The van der Waals surface area contributed by atoms with E-state index in [1.807, 2.05) is 13.0 Å². The highest BCUT2D eigenvalue weighted by atomic mass is 14.5. The summed E-state index contributed by atoms with van der Waals surface area (Å²) in [6, 6.07) is 6.15. The molecule has 1 aromatic carbocycles. The molecule has 0 aliphatic heterocycles. The fourth-order valence-corrected chi connectivity index (χ4v) is 1.29. The molecule has 0 unspecified atom stereocenters. The Morgan fingerprint density at radius 2 is 1.85 bits per heavy atom. The summed E-state index contributed by atoms with van der Waals surface area (Å²) >= 11 is 0. The van der Waals surface area contributed by atoms with Gasteiger partial charge in [0.15, 0.2) is 7.28 Å². The Kier molecular flexibility index (Phi) is 2.70. The Balaban J connectivity index is 2.86. The van der Waals surface area contributed by atoms with Crippen molar-refractivity contribution < 1.29 is 0 Å². The molecule has 0 aliphatic carbocycles. The zero-order chi connectivity index (χ0) is 10.1. The van der Waals surface area contributed by atoms with E-state index in [-0.39, 0.29) is 5.31 Å². The van der Waals surface area contributed by atoms with Gasteiger partial charge in [-0.1, -0.05) is 43.7 Å². The van der Waals surface area contributed by atoms with Crippen LogP contribution in [0, 0.1) is 6.92 Å². The van der Waals surface area contributed by atoms with Crippen LogP contribution in [-0.2, 0) is 0 Å². The van der Waals surface area contributed by atoms with Crippen LogP contribution in [0.25, 0.3) is 0 Å². The first kappa shape index (κ1) is 10.2. The Morgan fingerprint density at radius 1 is 1.23 bits per heavy atom. The first-order valence-electron chi connectivity index (χ1n) is 4.60. The first-order chi connectivity index (χ1) is 5.88. The Bertz CT molecular complexity index is 299. The van der Waals surface area contributed by atoms with Gasteiger partial charge in [0.2, 0.25) is 0 Å². The highest BCUT2D eigenvalue weighted by molar-refractivity contribution is 6.56. The van der Waals surface area contributed by atoms with Crippen molar-refractivity contribution in [1.29, 1.82) is 0 Å². The number of nitrogens with two attached hydrogens (primary N) is 1. The third-order valence-electron chi connectivity index (χ3n) is 1.89. The monoisotopic (exact) mass is 174 g/mol. The quantitative estimate of drug-likeness (QED) is 0.512. The number of rotatable bonds is 1. The third kappa shape index (κ3) is 3.13. The number of hydrogen-bond donors (Lipinski definition) is 1. The van der Waals surface area contributed by atoms with E-state index < -0.39 is 0 Å². The van der Waals surface area contributed by atoms with Crippen LogP contribution in [0.1, 0.15) is 26.3 Å².